The zero-order valence-electron chi connectivity index (χ0n) is 16.2. The fraction of sp³-hybridized carbons (Fsp3) is 0.533. The van der Waals surface area contributed by atoms with Crippen molar-refractivity contribution in [2.24, 2.45) is 16.7 Å². The summed E-state index contributed by atoms with van der Waals surface area (Å²) >= 11 is 0. The van der Waals surface area contributed by atoms with Crippen molar-refractivity contribution in [1.82, 2.24) is 9.21 Å². The molecule has 1 saturated heterocycles. The Morgan fingerprint density at radius 2 is 1.69 bits per heavy atom. The van der Waals surface area contributed by atoms with Crippen LogP contribution in [0, 0.1) is 0 Å². The Morgan fingerprint density at radius 1 is 1.14 bits per heavy atom. The average Bonchev–Trinajstić information content (AvgIpc) is 2.66. The lowest BCUT2D eigenvalue weighted by Crippen LogP contribution is -2.48. The zero-order chi connectivity index (χ0) is 22.2. The van der Waals surface area contributed by atoms with Crippen molar-refractivity contribution in [3.63, 3.8) is 0 Å². The van der Waals surface area contributed by atoms with Crippen LogP contribution in [-0.4, -0.2) is 80.3 Å². The van der Waals surface area contributed by atoms with E-state index in [0.717, 1.165) is 19.6 Å². The van der Waals surface area contributed by atoms with E-state index in [-0.39, 0.29) is 10.7 Å². The first kappa shape index (κ1) is 25.1. The highest BCUT2D eigenvalue weighted by molar-refractivity contribution is 7.89. The summed E-state index contributed by atoms with van der Waals surface area (Å²) in [4.78, 5) is 2.38. The normalized spacial score (nSPS) is 16.8. The maximum absolute atomic E-state index is 12.9. The lowest BCUT2D eigenvalue weighted by molar-refractivity contribution is 0.196. The lowest BCUT2D eigenvalue weighted by Gasteiger charge is -2.33. The molecule has 0 atom stereocenters. The van der Waals surface area contributed by atoms with Gasteiger partial charge in [0.15, 0.2) is 5.84 Å². The number of likely N-dealkylation sites (N-methyl/N-ethyl adjacent to an activating group) is 1. The molecule has 1 aromatic carbocycles. The van der Waals surface area contributed by atoms with Gasteiger partial charge < -0.3 is 21.2 Å². The Labute approximate surface area is 170 Å². The maximum atomic E-state index is 12.9. The van der Waals surface area contributed by atoms with Gasteiger partial charge in [-0.3, -0.25) is 9.11 Å². The van der Waals surface area contributed by atoms with Crippen LogP contribution in [0.5, 0.6) is 5.75 Å². The molecule has 1 fully saturated rings. The van der Waals surface area contributed by atoms with Gasteiger partial charge >= 0.3 is 10.4 Å². The summed E-state index contributed by atoms with van der Waals surface area (Å²) in [5.74, 6) is 5.73. The van der Waals surface area contributed by atoms with Crippen LogP contribution in [0.2, 0.25) is 0 Å². The lowest BCUT2D eigenvalue weighted by atomic mass is 10.2. The van der Waals surface area contributed by atoms with Crippen LogP contribution >= 0.6 is 0 Å². The molecular formula is C15H27N5O7S2. The Kier molecular flexibility index (Phi) is 9.25. The molecule has 0 spiro atoms. The molecule has 1 aliphatic rings. The molecule has 0 aromatic heterocycles. The van der Waals surface area contributed by atoms with E-state index in [4.69, 9.17) is 33.8 Å². The van der Waals surface area contributed by atoms with E-state index in [9.17, 15) is 8.42 Å². The highest BCUT2D eigenvalue weighted by atomic mass is 32.3. The first-order valence-corrected chi connectivity index (χ1v) is 11.5. The van der Waals surface area contributed by atoms with Gasteiger partial charge in [-0.05, 0) is 31.7 Å². The van der Waals surface area contributed by atoms with Gasteiger partial charge in [0.25, 0.3) is 0 Å². The van der Waals surface area contributed by atoms with Crippen LogP contribution in [0.25, 0.3) is 0 Å². The van der Waals surface area contributed by atoms with E-state index in [0.29, 0.717) is 31.0 Å². The number of benzene rings is 1. The molecule has 1 heterocycles. The molecule has 166 valence electrons. The summed E-state index contributed by atoms with van der Waals surface area (Å²) in [6, 6.07) is 4.59. The van der Waals surface area contributed by atoms with Gasteiger partial charge in [0.1, 0.15) is 5.75 Å². The van der Waals surface area contributed by atoms with Crippen LogP contribution in [0.1, 0.15) is 19.4 Å². The third kappa shape index (κ3) is 7.75. The van der Waals surface area contributed by atoms with E-state index in [1.165, 1.54) is 16.4 Å². The maximum Gasteiger partial charge on any atom is 0.394 e. The van der Waals surface area contributed by atoms with Gasteiger partial charge in [0.2, 0.25) is 10.0 Å². The first-order chi connectivity index (χ1) is 13.4. The zero-order valence-corrected chi connectivity index (χ0v) is 17.9. The predicted octanol–water partition coefficient (Wildman–Crippen LogP) is -0.662. The van der Waals surface area contributed by atoms with Crippen LogP contribution in [0.3, 0.4) is 0 Å². The monoisotopic (exact) mass is 453 g/mol. The molecule has 1 aliphatic heterocycles. The molecule has 14 heteroatoms. The number of nitrogens with two attached hydrogens (primary N) is 2. The van der Waals surface area contributed by atoms with Gasteiger partial charge in [-0.1, -0.05) is 6.92 Å². The van der Waals surface area contributed by atoms with Gasteiger partial charge in [-0.2, -0.15) is 17.8 Å². The van der Waals surface area contributed by atoms with E-state index >= 15 is 0 Å². The van der Waals surface area contributed by atoms with Crippen LogP contribution in [-0.2, 0) is 20.4 Å². The van der Waals surface area contributed by atoms with Crippen molar-refractivity contribution in [2.45, 2.75) is 18.7 Å². The molecule has 1 aromatic rings. The number of hydrogen-bond acceptors (Lipinski definition) is 8. The highest BCUT2D eigenvalue weighted by Gasteiger charge is 2.29. The van der Waals surface area contributed by atoms with Crippen LogP contribution in [0.15, 0.2) is 28.2 Å². The second kappa shape index (κ2) is 10.7. The Morgan fingerprint density at radius 3 is 2.14 bits per heavy atom. The fourth-order valence-electron chi connectivity index (χ4n) is 2.66. The molecule has 6 N–H and O–H groups in total. The summed E-state index contributed by atoms with van der Waals surface area (Å²) in [6.07, 6.45) is 0. The third-order valence-corrected chi connectivity index (χ3v) is 5.98. The van der Waals surface area contributed by atoms with E-state index < -0.39 is 20.4 Å². The second-order valence-corrected chi connectivity index (χ2v) is 8.73. The molecule has 29 heavy (non-hydrogen) atoms. The molecule has 0 amide bonds. The summed E-state index contributed by atoms with van der Waals surface area (Å²) in [5.41, 5.74) is 6.16. The molecular weight excluding hydrogens is 426 g/mol. The van der Waals surface area contributed by atoms with Crippen LogP contribution in [0.4, 0.5) is 0 Å². The minimum atomic E-state index is -4.67. The number of hydrogen-bond donors (Lipinski definition) is 4. The number of nitrogens with zero attached hydrogens (tertiary/aromatic N) is 3. The number of hydrazone groups is 1. The van der Waals surface area contributed by atoms with Gasteiger partial charge in [0, 0.05) is 26.2 Å². The Bertz CT molecular complexity index is 903. The van der Waals surface area contributed by atoms with E-state index in [1.807, 2.05) is 6.92 Å². The summed E-state index contributed by atoms with van der Waals surface area (Å²) in [5, 5.41) is 3.46. The van der Waals surface area contributed by atoms with Crippen molar-refractivity contribution in [1.29, 1.82) is 0 Å². The van der Waals surface area contributed by atoms with Gasteiger partial charge in [0.05, 0.1) is 17.1 Å². The summed E-state index contributed by atoms with van der Waals surface area (Å²) < 4.78 is 64.3. The molecule has 12 nitrogen and oxygen atoms in total. The smallest absolute Gasteiger partial charge is 0.394 e. The Balaban J connectivity index is 0.000000749. The fourth-order valence-corrected chi connectivity index (χ4v) is 4.10. The standard InChI is InChI=1S/C15H25N5O3S.H2O4S/c1-3-19-7-9-20(10-8-19)24(21,22)12-5-6-14(23-4-2)13(11-12)15(16)18-17;1-5(2,3)4/h5-6,11H,3-4,7-10,17H2,1-2H3,(H2,16,18);(H2,1,2,3,4). The predicted molar refractivity (Wildman–Crippen MR) is 108 cm³/mol. The van der Waals surface area contributed by atoms with Crippen LogP contribution < -0.4 is 16.3 Å². The topological polar surface area (TPSA) is 189 Å². The van der Waals surface area contributed by atoms with Crippen molar-refractivity contribution < 1.29 is 30.7 Å². The van der Waals surface area contributed by atoms with Gasteiger partial charge in [-0.15, -0.1) is 0 Å². The van der Waals surface area contributed by atoms with Crippen molar-refractivity contribution in [3.05, 3.63) is 23.8 Å². The molecule has 0 bridgehead atoms. The molecule has 0 saturated carbocycles. The Hall–Kier alpha value is -1.97. The summed E-state index contributed by atoms with van der Waals surface area (Å²) in [7, 11) is -8.26. The number of amidine groups is 1. The van der Waals surface area contributed by atoms with Gasteiger partial charge in [-0.25, -0.2) is 8.42 Å². The minimum absolute atomic E-state index is 0.0336. The van der Waals surface area contributed by atoms with Crippen molar-refractivity contribution in [2.75, 3.05) is 39.3 Å². The second-order valence-electron chi connectivity index (χ2n) is 5.89. The van der Waals surface area contributed by atoms with Crippen molar-refractivity contribution >= 4 is 26.3 Å². The first-order valence-electron chi connectivity index (χ1n) is 8.67. The quantitative estimate of drug-likeness (QED) is 0.141. The number of piperazine rings is 1. The van der Waals surface area contributed by atoms with Crippen molar-refractivity contribution in [3.8, 4) is 5.75 Å². The molecule has 0 aliphatic carbocycles. The minimum Gasteiger partial charge on any atom is -0.493 e. The number of ether oxygens (including phenoxy) is 1. The van der Waals surface area contributed by atoms with E-state index in [1.54, 1.807) is 6.07 Å². The molecule has 0 unspecified atom stereocenters. The summed E-state index contributed by atoms with van der Waals surface area (Å²) in [6.45, 7) is 7.64. The third-order valence-electron chi connectivity index (χ3n) is 4.08. The number of sulfonamides is 1. The number of rotatable bonds is 6. The molecule has 2 rings (SSSR count). The highest BCUT2D eigenvalue weighted by Crippen LogP contribution is 2.25. The largest absolute Gasteiger partial charge is 0.493 e. The van der Waals surface area contributed by atoms with E-state index in [2.05, 4.69) is 16.9 Å². The SMILES string of the molecule is CCOc1ccc(S(=O)(=O)N2CCN(CC)CC2)cc1/C(N)=N\N.O=S(=O)(O)O. The molecule has 0 radical (unpaired) electrons. The average molecular weight is 454 g/mol.